The van der Waals surface area contributed by atoms with Crippen LogP contribution in [0.25, 0.3) is 0 Å². The zero-order chi connectivity index (χ0) is 4.99. The van der Waals surface area contributed by atoms with Crippen LogP contribution in [0.2, 0.25) is 0 Å². The maximum absolute atomic E-state index is 4.50. The lowest BCUT2D eigenvalue weighted by atomic mass is 10.8. The summed E-state index contributed by atoms with van der Waals surface area (Å²) in [5, 5.41) is 0. The highest BCUT2D eigenvalue weighted by atomic mass is 16.5. The van der Waals surface area contributed by atoms with Gasteiger partial charge in [-0.2, -0.15) is 0 Å². The van der Waals surface area contributed by atoms with E-state index in [9.17, 15) is 0 Å². The normalized spacial score (nSPS) is 12.8. The van der Waals surface area contributed by atoms with Crippen molar-refractivity contribution in [3.8, 4) is 0 Å². The number of allylic oxidation sites excluding steroid dienone is 1. The molecule has 0 saturated heterocycles. The second-order valence-corrected chi connectivity index (χ2v) is 0.846. The van der Waals surface area contributed by atoms with Crippen molar-refractivity contribution in [3.63, 3.8) is 0 Å². The molecule has 0 aromatic heterocycles. The lowest BCUT2D eigenvalue weighted by Gasteiger charge is -1.53. The molecule has 0 bridgehead atoms. The van der Waals surface area contributed by atoms with Gasteiger partial charge < -0.3 is 4.74 Å². The molecule has 36 valence electrons. The van der Waals surface area contributed by atoms with E-state index >= 15 is 0 Å². The molecule has 1 rings (SSSR count). The standard InChI is InChI=1S/C3H4O.C2H6/c1-3-2-4-3;1-2/h2H,1H3;1-2H3. The average molecular weight is 86.1 g/mol. The van der Waals surface area contributed by atoms with E-state index in [0.29, 0.717) is 0 Å². The van der Waals surface area contributed by atoms with Gasteiger partial charge in [0.15, 0.2) is 0 Å². The van der Waals surface area contributed by atoms with Gasteiger partial charge in [0, 0.05) is 0 Å². The van der Waals surface area contributed by atoms with E-state index in [1.54, 1.807) is 6.26 Å². The molecule has 0 unspecified atom stereocenters. The molecule has 0 amide bonds. The summed E-state index contributed by atoms with van der Waals surface area (Å²) in [6, 6.07) is 0. The summed E-state index contributed by atoms with van der Waals surface area (Å²) in [6.45, 7) is 5.92. The lowest BCUT2D eigenvalue weighted by molar-refractivity contribution is 0.503. The Kier molecular flexibility index (Phi) is 2.55. The van der Waals surface area contributed by atoms with Crippen LogP contribution in [0.1, 0.15) is 20.8 Å². The quantitative estimate of drug-likeness (QED) is 0.438. The molecular formula is C5H10O. The second kappa shape index (κ2) is 2.76. The molecule has 1 aliphatic heterocycles. The highest BCUT2D eigenvalue weighted by Crippen LogP contribution is 2.08. The summed E-state index contributed by atoms with van der Waals surface area (Å²) in [5.74, 6) is 1.04. The predicted octanol–water partition coefficient (Wildman–Crippen LogP) is 1.90. The molecule has 1 heteroatoms. The fourth-order valence-electron chi connectivity index (χ4n) is 0.0589. The van der Waals surface area contributed by atoms with Gasteiger partial charge >= 0.3 is 0 Å². The van der Waals surface area contributed by atoms with E-state index in [1.165, 1.54) is 0 Å². The van der Waals surface area contributed by atoms with Gasteiger partial charge in [0.2, 0.25) is 0 Å². The van der Waals surface area contributed by atoms with Crippen molar-refractivity contribution < 1.29 is 4.74 Å². The van der Waals surface area contributed by atoms with Gasteiger partial charge in [0.1, 0.15) is 12.0 Å². The molecule has 0 N–H and O–H groups in total. The Hall–Kier alpha value is -0.460. The van der Waals surface area contributed by atoms with Crippen LogP contribution >= 0.6 is 0 Å². The highest BCUT2D eigenvalue weighted by molar-refractivity contribution is 4.96. The van der Waals surface area contributed by atoms with E-state index < -0.39 is 0 Å². The van der Waals surface area contributed by atoms with Crippen molar-refractivity contribution in [3.05, 3.63) is 12.0 Å². The zero-order valence-electron chi connectivity index (χ0n) is 4.49. The van der Waals surface area contributed by atoms with E-state index in [4.69, 9.17) is 0 Å². The van der Waals surface area contributed by atoms with Crippen LogP contribution < -0.4 is 0 Å². The van der Waals surface area contributed by atoms with Crippen LogP contribution in [0.4, 0.5) is 0 Å². The van der Waals surface area contributed by atoms with E-state index in [1.807, 2.05) is 20.8 Å². The number of hydrogen-bond donors (Lipinski definition) is 0. The van der Waals surface area contributed by atoms with Crippen molar-refractivity contribution in [1.82, 2.24) is 0 Å². The molecule has 6 heavy (non-hydrogen) atoms. The van der Waals surface area contributed by atoms with Gasteiger partial charge in [-0.1, -0.05) is 13.8 Å². The Bertz CT molecular complexity index is 55.0. The SMILES string of the molecule is CC.CC1=CO1. The van der Waals surface area contributed by atoms with Gasteiger partial charge in [-0.25, -0.2) is 0 Å². The minimum absolute atomic E-state index is 1.04. The minimum atomic E-state index is 1.04. The van der Waals surface area contributed by atoms with E-state index in [-0.39, 0.29) is 0 Å². The minimum Gasteiger partial charge on any atom is -0.463 e. The Labute approximate surface area is 38.6 Å². The van der Waals surface area contributed by atoms with Crippen LogP contribution in [0.15, 0.2) is 12.0 Å². The van der Waals surface area contributed by atoms with Crippen molar-refractivity contribution in [2.75, 3.05) is 0 Å². The molecule has 0 fully saturated rings. The first-order valence-corrected chi connectivity index (χ1v) is 2.23. The van der Waals surface area contributed by atoms with Crippen LogP contribution in [0.3, 0.4) is 0 Å². The summed E-state index contributed by atoms with van der Waals surface area (Å²) >= 11 is 0. The molecule has 0 atom stereocenters. The summed E-state index contributed by atoms with van der Waals surface area (Å²) in [5.41, 5.74) is 0. The van der Waals surface area contributed by atoms with E-state index in [2.05, 4.69) is 4.74 Å². The number of hydrogen-bond acceptors (Lipinski definition) is 1. The smallest absolute Gasteiger partial charge is 0.135 e. The third-order valence-electron chi connectivity index (χ3n) is 0.354. The number of rotatable bonds is 0. The maximum Gasteiger partial charge on any atom is 0.135 e. The molecule has 1 heterocycles. The molecule has 0 saturated carbocycles. The average Bonchev–Trinajstić information content (AvgIpc) is 2.30. The summed E-state index contributed by atoms with van der Waals surface area (Å²) in [4.78, 5) is 0. The molecule has 1 nitrogen and oxygen atoms in total. The first-order valence-electron chi connectivity index (χ1n) is 2.23. The van der Waals surface area contributed by atoms with Crippen molar-refractivity contribution in [1.29, 1.82) is 0 Å². The van der Waals surface area contributed by atoms with Crippen LogP contribution in [0, 0.1) is 0 Å². The van der Waals surface area contributed by atoms with Gasteiger partial charge in [0.25, 0.3) is 0 Å². The summed E-state index contributed by atoms with van der Waals surface area (Å²) in [6.07, 6.45) is 1.71. The molecule has 0 aromatic rings. The van der Waals surface area contributed by atoms with Gasteiger partial charge in [0.05, 0.1) is 0 Å². The first-order chi connectivity index (χ1) is 2.89. The Balaban J connectivity index is 0.000000112. The van der Waals surface area contributed by atoms with Gasteiger partial charge in [-0.15, -0.1) is 0 Å². The Morgan fingerprint density at radius 3 is 1.67 bits per heavy atom. The van der Waals surface area contributed by atoms with Crippen LogP contribution in [-0.2, 0) is 4.74 Å². The second-order valence-electron chi connectivity index (χ2n) is 0.846. The van der Waals surface area contributed by atoms with Crippen LogP contribution in [-0.4, -0.2) is 0 Å². The lowest BCUT2D eigenvalue weighted by Crippen LogP contribution is -1.33. The Morgan fingerprint density at radius 2 is 1.67 bits per heavy atom. The molecular weight excluding hydrogens is 76.1 g/mol. The zero-order valence-corrected chi connectivity index (χ0v) is 4.49. The fourth-order valence-corrected chi connectivity index (χ4v) is 0.0589. The topological polar surface area (TPSA) is 12.5 Å². The van der Waals surface area contributed by atoms with Crippen molar-refractivity contribution in [2.24, 2.45) is 0 Å². The van der Waals surface area contributed by atoms with Crippen molar-refractivity contribution >= 4 is 0 Å². The Morgan fingerprint density at radius 1 is 1.50 bits per heavy atom. The van der Waals surface area contributed by atoms with Gasteiger partial charge in [-0.05, 0) is 6.92 Å². The third kappa shape index (κ3) is 3.54. The van der Waals surface area contributed by atoms with Crippen LogP contribution in [0.5, 0.6) is 0 Å². The van der Waals surface area contributed by atoms with Gasteiger partial charge in [-0.3, -0.25) is 0 Å². The predicted molar refractivity (Wildman–Crippen MR) is 26.2 cm³/mol. The maximum atomic E-state index is 4.50. The molecule has 0 aliphatic carbocycles. The molecule has 1 aliphatic rings. The monoisotopic (exact) mass is 86.1 g/mol. The first kappa shape index (κ1) is 5.54. The largest absolute Gasteiger partial charge is 0.463 e. The summed E-state index contributed by atoms with van der Waals surface area (Å²) in [7, 11) is 0. The fraction of sp³-hybridized carbons (Fsp3) is 0.600. The number of ether oxygens (including phenoxy) is 1. The third-order valence-corrected chi connectivity index (χ3v) is 0.354. The van der Waals surface area contributed by atoms with E-state index in [0.717, 1.165) is 5.76 Å². The molecule has 0 aromatic carbocycles. The highest BCUT2D eigenvalue weighted by Gasteiger charge is 1.95. The van der Waals surface area contributed by atoms with Crippen molar-refractivity contribution in [2.45, 2.75) is 20.8 Å². The molecule has 0 radical (unpaired) electrons. The summed E-state index contributed by atoms with van der Waals surface area (Å²) < 4.78 is 4.50. The molecule has 0 spiro atoms.